The summed E-state index contributed by atoms with van der Waals surface area (Å²) in [4.78, 5) is 2.75. The van der Waals surface area contributed by atoms with Gasteiger partial charge in [-0.05, 0) is 43.5 Å². The summed E-state index contributed by atoms with van der Waals surface area (Å²) in [6.45, 7) is 4.68. The third-order valence-corrected chi connectivity index (χ3v) is 6.42. The van der Waals surface area contributed by atoms with Crippen LogP contribution < -0.4 is 0 Å². The van der Waals surface area contributed by atoms with Crippen molar-refractivity contribution in [3.63, 3.8) is 0 Å². The van der Waals surface area contributed by atoms with E-state index < -0.39 is 10.0 Å². The molecule has 0 unspecified atom stereocenters. The molecule has 0 atom stereocenters. The van der Waals surface area contributed by atoms with Crippen molar-refractivity contribution in [3.05, 3.63) is 28.8 Å². The molecule has 1 saturated heterocycles. The highest BCUT2D eigenvalue weighted by molar-refractivity contribution is 7.89. The van der Waals surface area contributed by atoms with Crippen LogP contribution in [-0.2, 0) is 10.0 Å². The van der Waals surface area contributed by atoms with Gasteiger partial charge in [-0.15, -0.1) is 0 Å². The molecule has 1 aliphatic carbocycles. The second-order valence-electron chi connectivity index (χ2n) is 5.58. The van der Waals surface area contributed by atoms with E-state index in [0.29, 0.717) is 29.0 Å². The van der Waals surface area contributed by atoms with Crippen LogP contribution in [0.1, 0.15) is 18.4 Å². The van der Waals surface area contributed by atoms with E-state index in [-0.39, 0.29) is 0 Å². The molecule has 3 rings (SSSR count). The van der Waals surface area contributed by atoms with E-state index in [2.05, 4.69) is 4.90 Å². The van der Waals surface area contributed by atoms with Crippen LogP contribution in [0.2, 0.25) is 5.02 Å². The van der Waals surface area contributed by atoms with E-state index in [4.69, 9.17) is 11.6 Å². The summed E-state index contributed by atoms with van der Waals surface area (Å²) in [5.41, 5.74) is 0.796. The highest BCUT2D eigenvalue weighted by Crippen LogP contribution is 2.29. The van der Waals surface area contributed by atoms with Gasteiger partial charge in [0, 0.05) is 37.2 Å². The Bertz CT molecular complexity index is 606. The van der Waals surface area contributed by atoms with Crippen LogP contribution in [0.15, 0.2) is 23.1 Å². The third kappa shape index (κ3) is 2.72. The van der Waals surface area contributed by atoms with Gasteiger partial charge in [0.2, 0.25) is 10.0 Å². The van der Waals surface area contributed by atoms with E-state index in [0.717, 1.165) is 18.7 Å². The number of nitrogens with zero attached hydrogens (tertiary/aromatic N) is 2. The minimum Gasteiger partial charge on any atom is -0.298 e. The molecule has 0 bridgehead atoms. The maximum Gasteiger partial charge on any atom is 0.243 e. The number of aryl methyl sites for hydroxylation is 1. The Labute approximate surface area is 125 Å². The normalized spacial score (nSPS) is 22.1. The molecular weight excluding hydrogens is 296 g/mol. The van der Waals surface area contributed by atoms with Crippen LogP contribution in [0.25, 0.3) is 0 Å². The summed E-state index contributed by atoms with van der Waals surface area (Å²) in [5, 5.41) is 0.600. The van der Waals surface area contributed by atoms with Gasteiger partial charge < -0.3 is 0 Å². The van der Waals surface area contributed by atoms with Crippen LogP contribution in [0.5, 0.6) is 0 Å². The zero-order valence-corrected chi connectivity index (χ0v) is 13.1. The summed E-state index contributed by atoms with van der Waals surface area (Å²) in [5.74, 6) is 0. The SMILES string of the molecule is Cc1cc(S(=O)(=O)N2CCN(C3CC3)CC2)ccc1Cl. The quantitative estimate of drug-likeness (QED) is 0.858. The molecular formula is C14H19ClN2O2S. The van der Waals surface area contributed by atoms with Crippen LogP contribution in [0, 0.1) is 6.92 Å². The Morgan fingerprint density at radius 3 is 2.35 bits per heavy atom. The molecule has 1 aromatic carbocycles. The average Bonchev–Trinajstić information content (AvgIpc) is 3.26. The second kappa shape index (κ2) is 5.30. The fraction of sp³-hybridized carbons (Fsp3) is 0.571. The molecule has 2 aliphatic rings. The van der Waals surface area contributed by atoms with Gasteiger partial charge in [-0.2, -0.15) is 4.31 Å². The van der Waals surface area contributed by atoms with Crippen molar-refractivity contribution < 1.29 is 8.42 Å². The maximum atomic E-state index is 12.6. The summed E-state index contributed by atoms with van der Waals surface area (Å²) < 4.78 is 26.8. The molecule has 4 nitrogen and oxygen atoms in total. The minimum absolute atomic E-state index is 0.347. The molecule has 6 heteroatoms. The van der Waals surface area contributed by atoms with Crippen molar-refractivity contribution in [2.24, 2.45) is 0 Å². The van der Waals surface area contributed by atoms with Gasteiger partial charge in [0.1, 0.15) is 0 Å². The minimum atomic E-state index is -3.38. The first-order valence-corrected chi connectivity index (χ1v) is 8.80. The van der Waals surface area contributed by atoms with E-state index in [1.54, 1.807) is 22.5 Å². The summed E-state index contributed by atoms with van der Waals surface area (Å²) in [6, 6.07) is 5.62. The topological polar surface area (TPSA) is 40.6 Å². The highest BCUT2D eigenvalue weighted by atomic mass is 35.5. The maximum absolute atomic E-state index is 12.6. The largest absolute Gasteiger partial charge is 0.298 e. The molecule has 110 valence electrons. The molecule has 0 amide bonds. The number of sulfonamides is 1. The molecule has 0 aromatic heterocycles. The van der Waals surface area contributed by atoms with Crippen molar-refractivity contribution in [2.45, 2.75) is 30.7 Å². The third-order valence-electron chi connectivity index (χ3n) is 4.10. The van der Waals surface area contributed by atoms with Gasteiger partial charge in [0.15, 0.2) is 0 Å². The first kappa shape index (κ1) is 14.3. The Kier molecular flexibility index (Phi) is 3.79. The van der Waals surface area contributed by atoms with Gasteiger partial charge in [-0.1, -0.05) is 11.6 Å². The molecule has 1 aliphatic heterocycles. The monoisotopic (exact) mass is 314 g/mol. The Morgan fingerprint density at radius 1 is 1.15 bits per heavy atom. The summed E-state index contributed by atoms with van der Waals surface area (Å²) in [7, 11) is -3.38. The molecule has 1 heterocycles. The zero-order chi connectivity index (χ0) is 14.3. The van der Waals surface area contributed by atoms with Crippen molar-refractivity contribution in [3.8, 4) is 0 Å². The summed E-state index contributed by atoms with van der Waals surface area (Å²) >= 11 is 5.96. The lowest BCUT2D eigenvalue weighted by Crippen LogP contribution is -2.49. The van der Waals surface area contributed by atoms with Crippen LogP contribution in [-0.4, -0.2) is 49.8 Å². The Hall–Kier alpha value is -0.620. The lowest BCUT2D eigenvalue weighted by Gasteiger charge is -2.34. The Morgan fingerprint density at radius 2 is 1.80 bits per heavy atom. The molecule has 0 N–H and O–H groups in total. The molecule has 20 heavy (non-hydrogen) atoms. The highest BCUT2D eigenvalue weighted by Gasteiger charge is 2.34. The predicted octanol–water partition coefficient (Wildman–Crippen LogP) is 2.12. The molecule has 0 radical (unpaired) electrons. The van der Waals surface area contributed by atoms with Gasteiger partial charge in [0.25, 0.3) is 0 Å². The Balaban J connectivity index is 1.76. The number of piperazine rings is 1. The number of rotatable bonds is 3. The van der Waals surface area contributed by atoms with Crippen LogP contribution in [0.3, 0.4) is 0 Å². The molecule has 1 aromatic rings. The van der Waals surface area contributed by atoms with Gasteiger partial charge in [0.05, 0.1) is 4.90 Å². The predicted molar refractivity (Wildman–Crippen MR) is 79.5 cm³/mol. The van der Waals surface area contributed by atoms with Gasteiger partial charge in [-0.25, -0.2) is 8.42 Å². The van der Waals surface area contributed by atoms with Gasteiger partial charge in [-0.3, -0.25) is 4.90 Å². The first-order valence-electron chi connectivity index (χ1n) is 6.99. The van der Waals surface area contributed by atoms with E-state index in [9.17, 15) is 8.42 Å². The van der Waals surface area contributed by atoms with Gasteiger partial charge >= 0.3 is 0 Å². The first-order chi connectivity index (χ1) is 9.48. The number of halogens is 1. The second-order valence-corrected chi connectivity index (χ2v) is 7.93. The molecule has 1 saturated carbocycles. The zero-order valence-electron chi connectivity index (χ0n) is 11.5. The lowest BCUT2D eigenvalue weighted by atomic mass is 10.2. The van der Waals surface area contributed by atoms with Crippen molar-refractivity contribution in [2.75, 3.05) is 26.2 Å². The fourth-order valence-corrected chi connectivity index (χ4v) is 4.30. The van der Waals surface area contributed by atoms with Crippen molar-refractivity contribution in [1.29, 1.82) is 0 Å². The smallest absolute Gasteiger partial charge is 0.243 e. The van der Waals surface area contributed by atoms with Crippen LogP contribution in [0.4, 0.5) is 0 Å². The number of hydrogen-bond acceptors (Lipinski definition) is 3. The average molecular weight is 315 g/mol. The fourth-order valence-electron chi connectivity index (χ4n) is 2.68. The number of hydrogen-bond donors (Lipinski definition) is 0. The molecule has 0 spiro atoms. The van der Waals surface area contributed by atoms with Crippen molar-refractivity contribution in [1.82, 2.24) is 9.21 Å². The van der Waals surface area contributed by atoms with Crippen LogP contribution >= 0.6 is 11.6 Å². The lowest BCUT2D eigenvalue weighted by molar-refractivity contribution is 0.180. The summed E-state index contributed by atoms with van der Waals surface area (Å²) in [6.07, 6.45) is 2.53. The van der Waals surface area contributed by atoms with Crippen molar-refractivity contribution >= 4 is 21.6 Å². The van der Waals surface area contributed by atoms with E-state index in [1.807, 2.05) is 6.92 Å². The molecule has 2 fully saturated rings. The van der Waals surface area contributed by atoms with E-state index >= 15 is 0 Å². The number of benzene rings is 1. The standard InChI is InChI=1S/C14H19ClN2O2S/c1-11-10-13(4-5-14(11)15)20(18,19)17-8-6-16(7-9-17)12-2-3-12/h4-5,10,12H,2-3,6-9H2,1H3. The van der Waals surface area contributed by atoms with E-state index in [1.165, 1.54) is 12.8 Å².